The summed E-state index contributed by atoms with van der Waals surface area (Å²) in [7, 11) is 0. The molecule has 0 bridgehead atoms. The Labute approximate surface area is 124 Å². The number of ether oxygens (including phenoxy) is 1. The van der Waals surface area contributed by atoms with Crippen LogP contribution in [0.1, 0.15) is 5.56 Å². The molecule has 5 heteroatoms. The lowest BCUT2D eigenvalue weighted by Crippen LogP contribution is -2.14. The van der Waals surface area contributed by atoms with E-state index in [0.717, 1.165) is 10.9 Å². The monoisotopic (exact) mass is 300 g/mol. The van der Waals surface area contributed by atoms with E-state index in [1.54, 1.807) is 30.3 Å². The number of phenols is 1. The third kappa shape index (κ3) is 1.80. The summed E-state index contributed by atoms with van der Waals surface area (Å²) in [6, 6.07) is 9.84. The van der Waals surface area contributed by atoms with Crippen LogP contribution in [0.15, 0.2) is 45.6 Å². The van der Waals surface area contributed by atoms with Crippen LogP contribution in [-0.4, -0.2) is 5.11 Å². The normalized spacial score (nSPS) is 12.6. The Bertz CT molecular complexity index is 943. The average molecular weight is 301 g/mol. The standard InChI is InChI=1S/C16H9ClO4/c17-8-1-3-11-13(5-8)20-7-12-10-4-2-9(18)6-14(10)21-16(19)15(11)12/h1-6,18H,7H2. The van der Waals surface area contributed by atoms with Gasteiger partial charge >= 0.3 is 5.63 Å². The van der Waals surface area contributed by atoms with Gasteiger partial charge < -0.3 is 14.3 Å². The van der Waals surface area contributed by atoms with Gasteiger partial charge in [0.25, 0.3) is 0 Å². The Hall–Kier alpha value is -2.46. The van der Waals surface area contributed by atoms with Crippen molar-refractivity contribution in [3.05, 3.63) is 57.4 Å². The molecule has 0 aliphatic carbocycles. The van der Waals surface area contributed by atoms with Crippen molar-refractivity contribution in [3.63, 3.8) is 0 Å². The van der Waals surface area contributed by atoms with Gasteiger partial charge in [-0.1, -0.05) is 11.6 Å². The number of fused-ring (bicyclic) bond motifs is 5. The fourth-order valence-corrected chi connectivity index (χ4v) is 2.81. The van der Waals surface area contributed by atoms with Crippen LogP contribution in [0.4, 0.5) is 0 Å². The van der Waals surface area contributed by atoms with Crippen LogP contribution < -0.4 is 10.4 Å². The molecule has 4 nitrogen and oxygen atoms in total. The summed E-state index contributed by atoms with van der Waals surface area (Å²) in [4.78, 5) is 12.3. The molecule has 21 heavy (non-hydrogen) atoms. The number of benzene rings is 2. The third-order valence-electron chi connectivity index (χ3n) is 3.58. The van der Waals surface area contributed by atoms with Crippen LogP contribution in [-0.2, 0) is 6.61 Å². The van der Waals surface area contributed by atoms with Gasteiger partial charge in [-0.05, 0) is 30.3 Å². The largest absolute Gasteiger partial charge is 0.508 e. The van der Waals surface area contributed by atoms with Gasteiger partial charge in [-0.3, -0.25) is 0 Å². The maximum absolute atomic E-state index is 12.3. The fourth-order valence-electron chi connectivity index (χ4n) is 2.65. The molecule has 2 aromatic carbocycles. The van der Waals surface area contributed by atoms with Crippen molar-refractivity contribution in [1.82, 2.24) is 0 Å². The minimum Gasteiger partial charge on any atom is -0.508 e. The Morgan fingerprint density at radius 1 is 1.14 bits per heavy atom. The van der Waals surface area contributed by atoms with E-state index < -0.39 is 5.63 Å². The number of aromatic hydroxyl groups is 1. The minimum atomic E-state index is -0.449. The van der Waals surface area contributed by atoms with Crippen LogP contribution >= 0.6 is 11.6 Å². The maximum atomic E-state index is 12.3. The second kappa shape index (κ2) is 4.27. The van der Waals surface area contributed by atoms with Gasteiger partial charge in [-0.25, -0.2) is 4.79 Å². The molecule has 0 amide bonds. The van der Waals surface area contributed by atoms with Crippen molar-refractivity contribution < 1.29 is 14.3 Å². The maximum Gasteiger partial charge on any atom is 0.344 e. The highest BCUT2D eigenvalue weighted by Gasteiger charge is 2.24. The SMILES string of the molecule is O=c1oc2cc(O)ccc2c2c1-c1ccc(Cl)cc1OC2. The predicted octanol–water partition coefficient (Wildman–Crippen LogP) is 3.71. The number of hydrogen-bond donors (Lipinski definition) is 1. The van der Waals surface area contributed by atoms with Gasteiger partial charge in [-0.15, -0.1) is 0 Å². The first-order valence-corrected chi connectivity index (χ1v) is 6.73. The summed E-state index contributed by atoms with van der Waals surface area (Å²) in [6.07, 6.45) is 0. The summed E-state index contributed by atoms with van der Waals surface area (Å²) in [5.74, 6) is 0.620. The van der Waals surface area contributed by atoms with Crippen molar-refractivity contribution >= 4 is 22.6 Å². The molecule has 0 radical (unpaired) electrons. The van der Waals surface area contributed by atoms with Gasteiger partial charge in [0, 0.05) is 27.6 Å². The molecule has 0 spiro atoms. The molecule has 1 N–H and O–H groups in total. The first kappa shape index (κ1) is 12.3. The summed E-state index contributed by atoms with van der Waals surface area (Å²) in [5, 5.41) is 10.8. The second-order valence-electron chi connectivity index (χ2n) is 4.85. The number of hydrogen-bond acceptors (Lipinski definition) is 4. The third-order valence-corrected chi connectivity index (χ3v) is 3.82. The van der Waals surface area contributed by atoms with Crippen LogP contribution in [0, 0.1) is 0 Å². The van der Waals surface area contributed by atoms with Crippen LogP contribution in [0.2, 0.25) is 5.02 Å². The average Bonchev–Trinajstić information content (AvgIpc) is 2.46. The fraction of sp³-hybridized carbons (Fsp3) is 0.0625. The van der Waals surface area contributed by atoms with Crippen molar-refractivity contribution in [2.75, 3.05) is 0 Å². The molecule has 104 valence electrons. The van der Waals surface area contributed by atoms with Crippen molar-refractivity contribution in [1.29, 1.82) is 0 Å². The molecule has 4 rings (SSSR count). The Morgan fingerprint density at radius 3 is 2.86 bits per heavy atom. The van der Waals surface area contributed by atoms with E-state index in [2.05, 4.69) is 0 Å². The van der Waals surface area contributed by atoms with Crippen LogP contribution in [0.3, 0.4) is 0 Å². The van der Waals surface area contributed by atoms with Crippen molar-refractivity contribution in [2.45, 2.75) is 6.61 Å². The molecule has 3 aromatic rings. The second-order valence-corrected chi connectivity index (χ2v) is 5.29. The zero-order valence-corrected chi connectivity index (χ0v) is 11.5. The first-order chi connectivity index (χ1) is 10.1. The van der Waals surface area contributed by atoms with Gasteiger partial charge in [0.2, 0.25) is 0 Å². The van der Waals surface area contributed by atoms with E-state index in [9.17, 15) is 9.90 Å². The molecule has 1 aromatic heterocycles. The van der Waals surface area contributed by atoms with E-state index in [1.807, 2.05) is 0 Å². The highest BCUT2D eigenvalue weighted by Crippen LogP contribution is 2.39. The zero-order valence-electron chi connectivity index (χ0n) is 10.7. The van der Waals surface area contributed by atoms with Gasteiger partial charge in [-0.2, -0.15) is 0 Å². The molecule has 0 atom stereocenters. The van der Waals surface area contributed by atoms with E-state index in [4.69, 9.17) is 20.8 Å². The molecular weight excluding hydrogens is 292 g/mol. The summed E-state index contributed by atoms with van der Waals surface area (Å²) >= 11 is 5.95. The summed E-state index contributed by atoms with van der Waals surface area (Å²) < 4.78 is 11.0. The smallest absolute Gasteiger partial charge is 0.344 e. The van der Waals surface area contributed by atoms with E-state index >= 15 is 0 Å². The topological polar surface area (TPSA) is 59.7 Å². The van der Waals surface area contributed by atoms with E-state index in [0.29, 0.717) is 27.5 Å². The Morgan fingerprint density at radius 2 is 2.00 bits per heavy atom. The van der Waals surface area contributed by atoms with Gasteiger partial charge in [0.05, 0.1) is 5.56 Å². The van der Waals surface area contributed by atoms with Gasteiger partial charge in [0.15, 0.2) is 0 Å². The molecule has 0 fully saturated rings. The molecule has 0 saturated carbocycles. The first-order valence-electron chi connectivity index (χ1n) is 6.35. The molecule has 1 aliphatic rings. The molecule has 1 aliphatic heterocycles. The lowest BCUT2D eigenvalue weighted by atomic mass is 9.96. The number of halogens is 1. The zero-order chi connectivity index (χ0) is 14.6. The van der Waals surface area contributed by atoms with E-state index in [1.165, 1.54) is 6.07 Å². The van der Waals surface area contributed by atoms with Crippen molar-refractivity contribution in [3.8, 4) is 22.6 Å². The quantitative estimate of drug-likeness (QED) is 0.643. The van der Waals surface area contributed by atoms with Gasteiger partial charge in [0.1, 0.15) is 23.7 Å². The summed E-state index contributed by atoms with van der Waals surface area (Å²) in [5.41, 5.74) is 1.82. The molecular formula is C16H9ClO4. The highest BCUT2D eigenvalue weighted by atomic mass is 35.5. The predicted molar refractivity (Wildman–Crippen MR) is 78.9 cm³/mol. The van der Waals surface area contributed by atoms with E-state index in [-0.39, 0.29) is 12.4 Å². The highest BCUT2D eigenvalue weighted by molar-refractivity contribution is 6.30. The lowest BCUT2D eigenvalue weighted by Gasteiger charge is -2.21. The molecule has 0 saturated heterocycles. The van der Waals surface area contributed by atoms with Crippen LogP contribution in [0.5, 0.6) is 11.5 Å². The number of phenolic OH excluding ortho intramolecular Hbond substituents is 1. The molecule has 0 unspecified atom stereocenters. The number of rotatable bonds is 0. The Balaban J connectivity index is 2.11. The van der Waals surface area contributed by atoms with Crippen LogP contribution in [0.25, 0.3) is 22.1 Å². The summed E-state index contributed by atoms with van der Waals surface area (Å²) in [6.45, 7) is 0.259. The molecule has 2 heterocycles. The van der Waals surface area contributed by atoms with Crippen molar-refractivity contribution in [2.24, 2.45) is 0 Å². The minimum absolute atomic E-state index is 0.0505. The lowest BCUT2D eigenvalue weighted by molar-refractivity contribution is 0.302. The Kier molecular flexibility index (Phi) is 2.50.